The standard InChI is InChI=1S/C19H13N5S/c1-11-22-10-15-6-5-14(8-16(15)23-11)18-17(24-19(21)25-18)13-4-2-3-12(7-13)9-20/h2-8,10H,1H3,(H2,21,24). The molecule has 0 fully saturated rings. The van der Waals surface area contributed by atoms with E-state index in [2.05, 4.69) is 21.0 Å². The van der Waals surface area contributed by atoms with Crippen LogP contribution in [0.5, 0.6) is 0 Å². The maximum Gasteiger partial charge on any atom is 0.181 e. The van der Waals surface area contributed by atoms with Gasteiger partial charge in [0.1, 0.15) is 5.82 Å². The van der Waals surface area contributed by atoms with Crippen molar-refractivity contribution in [2.45, 2.75) is 6.92 Å². The third-order valence-electron chi connectivity index (χ3n) is 3.87. The highest BCUT2D eigenvalue weighted by Gasteiger charge is 2.15. The summed E-state index contributed by atoms with van der Waals surface area (Å²) < 4.78 is 0. The number of hydrogen-bond donors (Lipinski definition) is 1. The lowest BCUT2D eigenvalue weighted by molar-refractivity contribution is 1.09. The normalized spacial score (nSPS) is 10.7. The SMILES string of the molecule is Cc1ncc2ccc(-c3sc(N)nc3-c3cccc(C#N)c3)cc2n1. The number of nitriles is 1. The van der Waals surface area contributed by atoms with Gasteiger partial charge in [-0.3, -0.25) is 0 Å². The van der Waals surface area contributed by atoms with Crippen LogP contribution < -0.4 is 5.73 Å². The van der Waals surface area contributed by atoms with Crippen molar-refractivity contribution < 1.29 is 0 Å². The number of aryl methyl sites for hydroxylation is 1. The highest BCUT2D eigenvalue weighted by atomic mass is 32.1. The Morgan fingerprint density at radius 2 is 1.96 bits per heavy atom. The van der Waals surface area contributed by atoms with Gasteiger partial charge in [0.15, 0.2) is 5.13 Å². The van der Waals surface area contributed by atoms with Gasteiger partial charge in [0.05, 0.1) is 27.7 Å². The Hall–Kier alpha value is -3.30. The second-order valence-corrected chi connectivity index (χ2v) is 6.64. The number of nitrogens with zero attached hydrogens (tertiary/aromatic N) is 4. The molecule has 0 amide bonds. The topological polar surface area (TPSA) is 88.5 Å². The van der Waals surface area contributed by atoms with Gasteiger partial charge in [-0.1, -0.05) is 35.6 Å². The zero-order valence-electron chi connectivity index (χ0n) is 13.4. The summed E-state index contributed by atoms with van der Waals surface area (Å²) in [7, 11) is 0. The molecule has 2 aromatic carbocycles. The number of nitrogens with two attached hydrogens (primary N) is 1. The maximum absolute atomic E-state index is 9.14. The molecule has 2 heterocycles. The van der Waals surface area contributed by atoms with E-state index < -0.39 is 0 Å². The molecular formula is C19H13N5S. The van der Waals surface area contributed by atoms with E-state index in [1.54, 1.807) is 6.07 Å². The van der Waals surface area contributed by atoms with Crippen molar-refractivity contribution in [3.63, 3.8) is 0 Å². The molecular weight excluding hydrogens is 330 g/mol. The Morgan fingerprint density at radius 1 is 1.08 bits per heavy atom. The third-order valence-corrected chi connectivity index (χ3v) is 4.81. The van der Waals surface area contributed by atoms with Crippen LogP contribution in [0.4, 0.5) is 5.13 Å². The maximum atomic E-state index is 9.14. The van der Waals surface area contributed by atoms with Crippen molar-refractivity contribution in [1.82, 2.24) is 15.0 Å². The van der Waals surface area contributed by atoms with Crippen molar-refractivity contribution in [3.8, 4) is 27.8 Å². The number of fused-ring (bicyclic) bond motifs is 1. The fraction of sp³-hybridized carbons (Fsp3) is 0.0526. The van der Waals surface area contributed by atoms with Crippen LogP contribution in [0.15, 0.2) is 48.7 Å². The minimum atomic E-state index is 0.492. The summed E-state index contributed by atoms with van der Waals surface area (Å²) in [5, 5.41) is 10.6. The van der Waals surface area contributed by atoms with E-state index in [0.29, 0.717) is 10.7 Å². The lowest BCUT2D eigenvalue weighted by Gasteiger charge is -2.05. The van der Waals surface area contributed by atoms with Crippen LogP contribution in [-0.2, 0) is 0 Å². The number of aromatic nitrogens is 3. The molecule has 0 aliphatic heterocycles. The summed E-state index contributed by atoms with van der Waals surface area (Å²) in [4.78, 5) is 14.2. The lowest BCUT2D eigenvalue weighted by atomic mass is 10.0. The zero-order chi connectivity index (χ0) is 17.4. The van der Waals surface area contributed by atoms with Gasteiger partial charge in [0, 0.05) is 17.1 Å². The first-order chi connectivity index (χ1) is 12.1. The van der Waals surface area contributed by atoms with Crippen molar-refractivity contribution in [1.29, 1.82) is 5.26 Å². The van der Waals surface area contributed by atoms with Gasteiger partial charge in [-0.2, -0.15) is 5.26 Å². The molecule has 0 unspecified atom stereocenters. The zero-order valence-corrected chi connectivity index (χ0v) is 14.2. The molecule has 0 aliphatic carbocycles. The summed E-state index contributed by atoms with van der Waals surface area (Å²) in [6.07, 6.45) is 1.82. The van der Waals surface area contributed by atoms with E-state index in [9.17, 15) is 0 Å². The second kappa shape index (κ2) is 5.96. The van der Waals surface area contributed by atoms with Gasteiger partial charge in [0.25, 0.3) is 0 Å². The Labute approximate surface area is 148 Å². The molecule has 2 N–H and O–H groups in total. The van der Waals surface area contributed by atoms with Gasteiger partial charge < -0.3 is 5.73 Å². The van der Waals surface area contributed by atoms with Gasteiger partial charge in [-0.15, -0.1) is 0 Å². The van der Waals surface area contributed by atoms with Gasteiger partial charge in [-0.25, -0.2) is 15.0 Å². The average molecular weight is 343 g/mol. The van der Waals surface area contributed by atoms with E-state index in [4.69, 9.17) is 11.0 Å². The molecule has 0 saturated carbocycles. The first kappa shape index (κ1) is 15.2. The predicted octanol–water partition coefficient (Wildman–Crippen LogP) is 4.18. The highest BCUT2D eigenvalue weighted by Crippen LogP contribution is 2.38. The fourth-order valence-corrected chi connectivity index (χ4v) is 3.57. The Bertz CT molecular complexity index is 1140. The summed E-state index contributed by atoms with van der Waals surface area (Å²) in [6, 6.07) is 15.6. The minimum absolute atomic E-state index is 0.492. The number of hydrogen-bond acceptors (Lipinski definition) is 6. The van der Waals surface area contributed by atoms with Crippen LogP contribution in [0.1, 0.15) is 11.4 Å². The van der Waals surface area contributed by atoms with E-state index in [1.807, 2.05) is 49.5 Å². The van der Waals surface area contributed by atoms with Crippen LogP contribution in [0, 0.1) is 18.3 Å². The molecule has 5 nitrogen and oxygen atoms in total. The highest BCUT2D eigenvalue weighted by molar-refractivity contribution is 7.19. The van der Waals surface area contributed by atoms with Gasteiger partial charge in [0.2, 0.25) is 0 Å². The molecule has 0 saturated heterocycles. The fourth-order valence-electron chi connectivity index (χ4n) is 2.72. The Morgan fingerprint density at radius 3 is 2.80 bits per heavy atom. The molecule has 2 aromatic heterocycles. The molecule has 4 aromatic rings. The average Bonchev–Trinajstić information content (AvgIpc) is 3.03. The molecule has 4 rings (SSSR count). The minimum Gasteiger partial charge on any atom is -0.375 e. The largest absolute Gasteiger partial charge is 0.375 e. The van der Waals surface area contributed by atoms with Crippen LogP contribution in [0.3, 0.4) is 0 Å². The van der Waals surface area contributed by atoms with Crippen molar-refractivity contribution in [3.05, 3.63) is 60.0 Å². The van der Waals surface area contributed by atoms with Gasteiger partial charge >= 0.3 is 0 Å². The molecule has 25 heavy (non-hydrogen) atoms. The van der Waals surface area contributed by atoms with Gasteiger partial charge in [-0.05, 0) is 30.7 Å². The molecule has 6 heteroatoms. The molecule has 120 valence electrons. The predicted molar refractivity (Wildman–Crippen MR) is 99.9 cm³/mol. The molecule has 0 aliphatic rings. The monoisotopic (exact) mass is 343 g/mol. The van der Waals surface area contributed by atoms with E-state index in [0.717, 1.165) is 38.4 Å². The Balaban J connectivity index is 1.90. The first-order valence-corrected chi connectivity index (χ1v) is 8.46. The van der Waals surface area contributed by atoms with Crippen molar-refractivity contribution >= 4 is 27.4 Å². The molecule has 0 radical (unpaired) electrons. The van der Waals surface area contributed by atoms with Crippen molar-refractivity contribution in [2.75, 3.05) is 5.73 Å². The summed E-state index contributed by atoms with van der Waals surface area (Å²) in [5.41, 5.74) is 10.1. The molecule has 0 atom stereocenters. The number of nitrogen functional groups attached to an aromatic ring is 1. The molecule has 0 bridgehead atoms. The summed E-state index contributed by atoms with van der Waals surface area (Å²) in [5.74, 6) is 0.732. The van der Waals surface area contributed by atoms with E-state index in [1.165, 1.54) is 11.3 Å². The van der Waals surface area contributed by atoms with Crippen LogP contribution in [-0.4, -0.2) is 15.0 Å². The third kappa shape index (κ3) is 2.82. The lowest BCUT2D eigenvalue weighted by Crippen LogP contribution is -1.89. The van der Waals surface area contributed by atoms with Crippen LogP contribution in [0.25, 0.3) is 32.6 Å². The van der Waals surface area contributed by atoms with E-state index in [-0.39, 0.29) is 0 Å². The van der Waals surface area contributed by atoms with E-state index >= 15 is 0 Å². The van der Waals surface area contributed by atoms with Crippen LogP contribution in [0.2, 0.25) is 0 Å². The molecule has 0 spiro atoms. The summed E-state index contributed by atoms with van der Waals surface area (Å²) >= 11 is 1.43. The van der Waals surface area contributed by atoms with Crippen LogP contribution >= 0.6 is 11.3 Å². The first-order valence-electron chi connectivity index (χ1n) is 7.64. The Kier molecular flexibility index (Phi) is 3.64. The number of rotatable bonds is 2. The smallest absolute Gasteiger partial charge is 0.181 e. The van der Waals surface area contributed by atoms with Crippen molar-refractivity contribution in [2.24, 2.45) is 0 Å². The number of thiazole rings is 1. The number of benzene rings is 2. The number of anilines is 1. The quantitative estimate of drug-likeness (QED) is 0.590. The summed E-state index contributed by atoms with van der Waals surface area (Å²) in [6.45, 7) is 1.87. The second-order valence-electron chi connectivity index (χ2n) is 5.61.